The second-order valence-corrected chi connectivity index (χ2v) is 5.78. The van der Waals surface area contributed by atoms with Gasteiger partial charge in [0.25, 0.3) is 0 Å². The van der Waals surface area contributed by atoms with E-state index in [1.807, 2.05) is 0 Å². The summed E-state index contributed by atoms with van der Waals surface area (Å²) in [6.45, 7) is 0. The summed E-state index contributed by atoms with van der Waals surface area (Å²) >= 11 is 14.9. The maximum Gasteiger partial charge on any atom is 0.124 e. The van der Waals surface area contributed by atoms with E-state index in [4.69, 9.17) is 23.2 Å². The van der Waals surface area contributed by atoms with Gasteiger partial charge in [0.15, 0.2) is 0 Å². The number of pyridine rings is 1. The van der Waals surface area contributed by atoms with Crippen LogP contribution in [0.2, 0.25) is 10.0 Å². The van der Waals surface area contributed by atoms with Crippen molar-refractivity contribution in [3.05, 3.63) is 62.1 Å². The third-order valence-electron chi connectivity index (χ3n) is 2.50. The Kier molecular flexibility index (Phi) is 4.79. The van der Waals surface area contributed by atoms with Crippen LogP contribution in [0.3, 0.4) is 0 Å². The third kappa shape index (κ3) is 3.89. The number of aliphatic hydroxyl groups excluding tert-OH is 1. The molecule has 0 fully saturated rings. The molecule has 0 aliphatic rings. The van der Waals surface area contributed by atoms with Gasteiger partial charge in [0.05, 0.1) is 15.7 Å². The second-order valence-electron chi connectivity index (χ2n) is 4.02. The zero-order valence-corrected chi connectivity index (χ0v) is 12.7. The molecular weight excluding hydrogens is 356 g/mol. The highest BCUT2D eigenvalue weighted by molar-refractivity contribution is 9.10. The molecule has 2 rings (SSSR count). The number of aliphatic hydroxyl groups is 1. The minimum absolute atomic E-state index is 0.213. The lowest BCUT2D eigenvalue weighted by molar-refractivity contribution is 0.173. The third-order valence-corrected chi connectivity index (χ3v) is 3.47. The van der Waals surface area contributed by atoms with E-state index in [9.17, 15) is 9.50 Å². The quantitative estimate of drug-likeness (QED) is 0.865. The summed E-state index contributed by atoms with van der Waals surface area (Å²) < 4.78 is 13.9. The van der Waals surface area contributed by atoms with Crippen LogP contribution in [-0.4, -0.2) is 10.1 Å². The molecule has 1 unspecified atom stereocenters. The van der Waals surface area contributed by atoms with Crippen LogP contribution in [0.15, 0.2) is 34.9 Å². The average molecular weight is 365 g/mol. The fourth-order valence-electron chi connectivity index (χ4n) is 1.72. The molecule has 0 spiro atoms. The predicted octanol–water partition coefficient (Wildman–Crippen LogP) is 4.57. The molecule has 0 saturated heterocycles. The highest BCUT2D eigenvalue weighted by Crippen LogP contribution is 2.27. The summed E-state index contributed by atoms with van der Waals surface area (Å²) in [5, 5.41) is 10.8. The number of hydrogen-bond acceptors (Lipinski definition) is 2. The van der Waals surface area contributed by atoms with E-state index in [1.54, 1.807) is 6.07 Å². The van der Waals surface area contributed by atoms with E-state index in [2.05, 4.69) is 20.9 Å². The number of hydrogen-bond donors (Lipinski definition) is 1. The molecule has 100 valence electrons. The molecule has 1 N–H and O–H groups in total. The van der Waals surface area contributed by atoms with Gasteiger partial charge in [0.2, 0.25) is 0 Å². The largest absolute Gasteiger partial charge is 0.386 e. The monoisotopic (exact) mass is 363 g/mol. The van der Waals surface area contributed by atoms with E-state index in [1.165, 1.54) is 24.4 Å². The summed E-state index contributed by atoms with van der Waals surface area (Å²) in [6, 6.07) is 5.95. The molecule has 2 aromatic rings. The molecule has 0 saturated carbocycles. The van der Waals surface area contributed by atoms with Gasteiger partial charge in [-0.25, -0.2) is 4.39 Å². The fourth-order valence-corrected chi connectivity index (χ4v) is 2.74. The minimum Gasteiger partial charge on any atom is -0.386 e. The molecule has 1 aromatic carbocycles. The number of nitrogens with zero attached hydrogens (tertiary/aromatic N) is 1. The van der Waals surface area contributed by atoms with Crippen molar-refractivity contribution in [1.29, 1.82) is 0 Å². The van der Waals surface area contributed by atoms with Crippen LogP contribution in [0.1, 0.15) is 17.4 Å². The van der Waals surface area contributed by atoms with Gasteiger partial charge in [-0.2, -0.15) is 0 Å². The molecule has 0 radical (unpaired) electrons. The van der Waals surface area contributed by atoms with Crippen molar-refractivity contribution in [1.82, 2.24) is 4.98 Å². The van der Waals surface area contributed by atoms with Crippen LogP contribution >= 0.6 is 39.1 Å². The van der Waals surface area contributed by atoms with Crippen molar-refractivity contribution >= 4 is 39.1 Å². The van der Waals surface area contributed by atoms with Crippen molar-refractivity contribution in [2.75, 3.05) is 0 Å². The number of rotatable bonds is 3. The summed E-state index contributed by atoms with van der Waals surface area (Å²) in [7, 11) is 0. The normalized spacial score (nSPS) is 12.5. The molecule has 19 heavy (non-hydrogen) atoms. The Bertz CT molecular complexity index is 589. The van der Waals surface area contributed by atoms with Crippen molar-refractivity contribution in [2.45, 2.75) is 12.5 Å². The average Bonchev–Trinajstić information content (AvgIpc) is 2.26. The van der Waals surface area contributed by atoms with Crippen molar-refractivity contribution < 1.29 is 9.50 Å². The summed E-state index contributed by atoms with van der Waals surface area (Å²) in [6.07, 6.45) is 0.705. The van der Waals surface area contributed by atoms with Crippen LogP contribution in [0.25, 0.3) is 0 Å². The number of benzene rings is 1. The Balaban J connectivity index is 2.22. The standard InChI is InChI=1S/C13H9BrCl2FNO/c14-8-1-7(2-10(17)4-8)3-12(19)13-11(16)5-9(15)6-18-13/h1-2,4-6,12,19H,3H2. The van der Waals surface area contributed by atoms with Crippen molar-refractivity contribution in [3.63, 3.8) is 0 Å². The highest BCUT2D eigenvalue weighted by atomic mass is 79.9. The van der Waals surface area contributed by atoms with Crippen LogP contribution in [0, 0.1) is 5.82 Å². The smallest absolute Gasteiger partial charge is 0.124 e. The Morgan fingerprint density at radius 1 is 1.26 bits per heavy atom. The summed E-state index contributed by atoms with van der Waals surface area (Å²) in [5.74, 6) is -0.369. The summed E-state index contributed by atoms with van der Waals surface area (Å²) in [4.78, 5) is 4.00. The Morgan fingerprint density at radius 2 is 2.00 bits per heavy atom. The first-order valence-electron chi connectivity index (χ1n) is 5.39. The molecule has 2 nitrogen and oxygen atoms in total. The maximum atomic E-state index is 13.2. The van der Waals surface area contributed by atoms with E-state index >= 15 is 0 Å². The van der Waals surface area contributed by atoms with Crippen LogP contribution in [-0.2, 0) is 6.42 Å². The molecule has 0 amide bonds. The molecule has 0 aliphatic heterocycles. The van der Waals surface area contributed by atoms with Gasteiger partial charge in [-0.15, -0.1) is 0 Å². The van der Waals surface area contributed by atoms with Crippen LogP contribution in [0.4, 0.5) is 4.39 Å². The molecule has 6 heteroatoms. The minimum atomic E-state index is -0.918. The lowest BCUT2D eigenvalue weighted by atomic mass is 10.1. The predicted molar refractivity (Wildman–Crippen MR) is 77.0 cm³/mol. The maximum absolute atomic E-state index is 13.2. The molecule has 0 bridgehead atoms. The van der Waals surface area contributed by atoms with E-state index in [0.717, 1.165) is 0 Å². The van der Waals surface area contributed by atoms with Crippen molar-refractivity contribution in [2.24, 2.45) is 0 Å². The lowest BCUT2D eigenvalue weighted by Gasteiger charge is -2.12. The summed E-state index contributed by atoms with van der Waals surface area (Å²) in [5.41, 5.74) is 0.971. The fraction of sp³-hybridized carbons (Fsp3) is 0.154. The lowest BCUT2D eigenvalue weighted by Crippen LogP contribution is -2.05. The number of halogens is 4. The van der Waals surface area contributed by atoms with Crippen LogP contribution in [0.5, 0.6) is 0 Å². The topological polar surface area (TPSA) is 33.1 Å². The van der Waals surface area contributed by atoms with Crippen LogP contribution < -0.4 is 0 Å². The van der Waals surface area contributed by atoms with Gasteiger partial charge in [-0.05, 0) is 29.8 Å². The van der Waals surface area contributed by atoms with Gasteiger partial charge >= 0.3 is 0 Å². The second kappa shape index (κ2) is 6.18. The Labute approximate surface area is 128 Å². The first-order chi connectivity index (χ1) is 8.95. The zero-order chi connectivity index (χ0) is 14.0. The molecule has 1 aromatic heterocycles. The van der Waals surface area contributed by atoms with E-state index < -0.39 is 6.10 Å². The van der Waals surface area contributed by atoms with Gasteiger partial charge in [0.1, 0.15) is 11.9 Å². The van der Waals surface area contributed by atoms with Gasteiger partial charge in [-0.1, -0.05) is 39.1 Å². The van der Waals surface area contributed by atoms with E-state index in [-0.39, 0.29) is 17.3 Å². The zero-order valence-electron chi connectivity index (χ0n) is 9.58. The molecule has 1 heterocycles. The van der Waals surface area contributed by atoms with Gasteiger partial charge in [0, 0.05) is 17.1 Å². The van der Waals surface area contributed by atoms with Crippen molar-refractivity contribution in [3.8, 4) is 0 Å². The first-order valence-corrected chi connectivity index (χ1v) is 6.94. The van der Waals surface area contributed by atoms with E-state index in [0.29, 0.717) is 20.8 Å². The molecule has 1 atom stereocenters. The SMILES string of the molecule is OC(Cc1cc(F)cc(Br)c1)c1ncc(Cl)cc1Cl. The molecular formula is C13H9BrCl2FNO. The first kappa shape index (κ1) is 14.7. The highest BCUT2D eigenvalue weighted by Gasteiger charge is 2.15. The van der Waals surface area contributed by atoms with Gasteiger partial charge < -0.3 is 5.11 Å². The number of aromatic nitrogens is 1. The molecule has 0 aliphatic carbocycles. The Morgan fingerprint density at radius 3 is 2.63 bits per heavy atom. The van der Waals surface area contributed by atoms with Gasteiger partial charge in [-0.3, -0.25) is 4.98 Å². The Hall–Kier alpha value is -0.680.